The molecule has 174 valence electrons. The molecule has 0 spiro atoms. The topological polar surface area (TPSA) is 34.1 Å². The molecule has 4 rings (SSSR count). The fraction of sp³-hybridized carbons (Fsp3) is 0.258. The molecular weight excluding hydrogens is 416 g/mol. The summed E-state index contributed by atoms with van der Waals surface area (Å²) in [5.41, 5.74) is 5.02. The average Bonchev–Trinajstić information content (AvgIpc) is 2.91. The third kappa shape index (κ3) is 7.03. The molecule has 0 amide bonds. The van der Waals surface area contributed by atoms with Gasteiger partial charge in [0.25, 0.3) is 0 Å². The van der Waals surface area contributed by atoms with Crippen LogP contribution in [-0.2, 0) is 13.0 Å². The number of hydrogen-bond donors (Lipinski definition) is 1. The van der Waals surface area contributed by atoms with Crippen molar-refractivity contribution in [2.75, 3.05) is 6.54 Å². The molecule has 0 saturated carbocycles. The lowest BCUT2D eigenvalue weighted by atomic mass is 9.88. The molecule has 0 fully saturated rings. The number of benzene rings is 3. The van der Waals surface area contributed by atoms with Crippen LogP contribution in [0.25, 0.3) is 0 Å². The minimum absolute atomic E-state index is 0.406. The number of nitrogens with zero attached hydrogens (tertiary/aromatic N) is 1. The molecule has 3 nitrogen and oxygen atoms in total. The first-order valence-corrected chi connectivity index (χ1v) is 12.3. The Labute approximate surface area is 203 Å². The zero-order chi connectivity index (χ0) is 23.4. The van der Waals surface area contributed by atoms with Gasteiger partial charge in [-0.05, 0) is 66.8 Å². The molecule has 0 aliphatic carbocycles. The van der Waals surface area contributed by atoms with E-state index in [1.165, 1.54) is 16.7 Å². The Hall–Kier alpha value is -3.43. The van der Waals surface area contributed by atoms with E-state index in [4.69, 9.17) is 4.74 Å². The van der Waals surface area contributed by atoms with Crippen molar-refractivity contribution in [3.05, 3.63) is 132 Å². The van der Waals surface area contributed by atoms with Crippen LogP contribution in [0.5, 0.6) is 5.75 Å². The van der Waals surface area contributed by atoms with Gasteiger partial charge in [0, 0.05) is 18.2 Å². The fourth-order valence-electron chi connectivity index (χ4n) is 4.34. The minimum atomic E-state index is 0.406. The third-order valence-electron chi connectivity index (χ3n) is 6.28. The van der Waals surface area contributed by atoms with E-state index in [1.807, 2.05) is 18.2 Å². The van der Waals surface area contributed by atoms with Gasteiger partial charge in [-0.25, -0.2) is 0 Å². The van der Waals surface area contributed by atoms with E-state index in [-0.39, 0.29) is 0 Å². The molecule has 3 heteroatoms. The lowest BCUT2D eigenvalue weighted by Gasteiger charge is -2.22. The SMILES string of the molecule is CCC(Cc1ccc(OCc2ccccn2)cc1)NCCC(c1ccccc1)c1ccccc1. The minimum Gasteiger partial charge on any atom is -0.487 e. The highest BCUT2D eigenvalue weighted by Gasteiger charge is 2.15. The van der Waals surface area contributed by atoms with E-state index in [2.05, 4.69) is 102 Å². The monoisotopic (exact) mass is 450 g/mol. The smallest absolute Gasteiger partial charge is 0.130 e. The molecule has 1 heterocycles. The lowest BCUT2D eigenvalue weighted by Crippen LogP contribution is -2.32. The number of rotatable bonds is 12. The summed E-state index contributed by atoms with van der Waals surface area (Å²) in [5.74, 6) is 1.28. The first-order valence-electron chi connectivity index (χ1n) is 12.3. The van der Waals surface area contributed by atoms with E-state index in [0.717, 1.165) is 37.3 Å². The molecule has 0 bridgehead atoms. The first-order chi connectivity index (χ1) is 16.8. The van der Waals surface area contributed by atoms with E-state index >= 15 is 0 Å². The molecule has 34 heavy (non-hydrogen) atoms. The van der Waals surface area contributed by atoms with Gasteiger partial charge >= 0.3 is 0 Å². The van der Waals surface area contributed by atoms with Crippen LogP contribution in [0.15, 0.2) is 109 Å². The molecule has 4 aromatic rings. The molecule has 1 N–H and O–H groups in total. The maximum absolute atomic E-state index is 5.88. The van der Waals surface area contributed by atoms with Gasteiger partial charge in [0.1, 0.15) is 12.4 Å². The molecule has 1 unspecified atom stereocenters. The van der Waals surface area contributed by atoms with Crippen LogP contribution in [0.1, 0.15) is 48.1 Å². The van der Waals surface area contributed by atoms with Crippen molar-refractivity contribution in [1.29, 1.82) is 0 Å². The van der Waals surface area contributed by atoms with Crippen molar-refractivity contribution in [2.24, 2.45) is 0 Å². The summed E-state index contributed by atoms with van der Waals surface area (Å²) in [4.78, 5) is 4.31. The highest BCUT2D eigenvalue weighted by atomic mass is 16.5. The number of nitrogens with one attached hydrogen (secondary N) is 1. The molecule has 1 aromatic heterocycles. The van der Waals surface area contributed by atoms with Crippen LogP contribution in [0, 0.1) is 0 Å². The predicted molar refractivity (Wildman–Crippen MR) is 140 cm³/mol. The van der Waals surface area contributed by atoms with Crippen LogP contribution in [0.3, 0.4) is 0 Å². The Bertz CT molecular complexity index is 1040. The first kappa shape index (κ1) is 23.7. The van der Waals surface area contributed by atoms with Gasteiger partial charge in [0.05, 0.1) is 5.69 Å². The van der Waals surface area contributed by atoms with Gasteiger partial charge in [-0.2, -0.15) is 0 Å². The standard InChI is InChI=1S/C31H34N2O/c1-2-28(23-25-16-18-30(19-17-25)34-24-29-15-9-10-21-32-29)33-22-20-31(26-11-5-3-6-12-26)27-13-7-4-8-14-27/h3-19,21,28,31,33H,2,20,22-24H2,1H3. The van der Waals surface area contributed by atoms with Gasteiger partial charge in [0.2, 0.25) is 0 Å². The van der Waals surface area contributed by atoms with E-state index in [9.17, 15) is 0 Å². The fourth-order valence-corrected chi connectivity index (χ4v) is 4.34. The maximum atomic E-state index is 5.88. The molecular formula is C31H34N2O. The van der Waals surface area contributed by atoms with Crippen molar-refractivity contribution in [3.8, 4) is 5.75 Å². The van der Waals surface area contributed by atoms with Gasteiger partial charge in [-0.15, -0.1) is 0 Å². The van der Waals surface area contributed by atoms with Crippen molar-refractivity contribution in [1.82, 2.24) is 10.3 Å². The van der Waals surface area contributed by atoms with Crippen molar-refractivity contribution in [2.45, 2.75) is 44.8 Å². The third-order valence-corrected chi connectivity index (χ3v) is 6.28. The Morgan fingerprint density at radius 2 is 1.41 bits per heavy atom. The van der Waals surface area contributed by atoms with Crippen LogP contribution in [-0.4, -0.2) is 17.6 Å². The molecule has 1 atom stereocenters. The number of pyridine rings is 1. The van der Waals surface area contributed by atoms with Crippen molar-refractivity contribution in [3.63, 3.8) is 0 Å². The van der Waals surface area contributed by atoms with Crippen LogP contribution >= 0.6 is 0 Å². The number of ether oxygens (including phenoxy) is 1. The van der Waals surface area contributed by atoms with Gasteiger partial charge in [-0.1, -0.05) is 85.8 Å². The highest BCUT2D eigenvalue weighted by molar-refractivity contribution is 5.32. The van der Waals surface area contributed by atoms with Gasteiger partial charge in [0.15, 0.2) is 0 Å². The summed E-state index contributed by atoms with van der Waals surface area (Å²) in [6, 6.07) is 36.5. The Balaban J connectivity index is 1.29. The Morgan fingerprint density at radius 1 is 0.765 bits per heavy atom. The molecule has 0 aliphatic heterocycles. The summed E-state index contributed by atoms with van der Waals surface area (Å²) in [6.45, 7) is 3.73. The molecule has 0 saturated heterocycles. The molecule has 0 radical (unpaired) electrons. The maximum Gasteiger partial charge on any atom is 0.130 e. The van der Waals surface area contributed by atoms with Crippen molar-refractivity contribution >= 4 is 0 Å². The van der Waals surface area contributed by atoms with Gasteiger partial charge in [-0.3, -0.25) is 4.98 Å². The lowest BCUT2D eigenvalue weighted by molar-refractivity contribution is 0.301. The number of aromatic nitrogens is 1. The van der Waals surface area contributed by atoms with Gasteiger partial charge < -0.3 is 10.1 Å². The summed E-state index contributed by atoms with van der Waals surface area (Å²) in [6.07, 6.45) is 4.98. The van der Waals surface area contributed by atoms with E-state index in [0.29, 0.717) is 18.6 Å². The second-order valence-electron chi connectivity index (χ2n) is 8.68. The average molecular weight is 451 g/mol. The second-order valence-corrected chi connectivity index (χ2v) is 8.68. The molecule has 3 aromatic carbocycles. The van der Waals surface area contributed by atoms with E-state index in [1.54, 1.807) is 6.20 Å². The summed E-state index contributed by atoms with van der Waals surface area (Å²) >= 11 is 0. The normalized spacial score (nSPS) is 11.9. The summed E-state index contributed by atoms with van der Waals surface area (Å²) in [7, 11) is 0. The predicted octanol–water partition coefficient (Wildman–Crippen LogP) is 6.79. The number of hydrogen-bond acceptors (Lipinski definition) is 3. The quantitative estimate of drug-likeness (QED) is 0.258. The van der Waals surface area contributed by atoms with Crippen LogP contribution in [0.2, 0.25) is 0 Å². The molecule has 0 aliphatic rings. The van der Waals surface area contributed by atoms with Crippen LogP contribution in [0.4, 0.5) is 0 Å². The highest BCUT2D eigenvalue weighted by Crippen LogP contribution is 2.27. The summed E-state index contributed by atoms with van der Waals surface area (Å²) < 4.78 is 5.88. The Kier molecular flexibility index (Phi) is 8.87. The van der Waals surface area contributed by atoms with Crippen molar-refractivity contribution < 1.29 is 4.74 Å². The zero-order valence-corrected chi connectivity index (χ0v) is 19.9. The van der Waals surface area contributed by atoms with E-state index < -0.39 is 0 Å². The summed E-state index contributed by atoms with van der Waals surface area (Å²) in [5, 5.41) is 3.81. The Morgan fingerprint density at radius 3 is 2.00 bits per heavy atom. The zero-order valence-electron chi connectivity index (χ0n) is 19.9. The second kappa shape index (κ2) is 12.7. The largest absolute Gasteiger partial charge is 0.487 e. The van der Waals surface area contributed by atoms with Crippen LogP contribution < -0.4 is 10.1 Å².